The lowest BCUT2D eigenvalue weighted by atomic mass is 9.85. The van der Waals surface area contributed by atoms with Crippen molar-refractivity contribution >= 4 is 28.9 Å². The molecule has 0 bridgehead atoms. The summed E-state index contributed by atoms with van der Waals surface area (Å²) in [5.74, 6) is -0.580. The molecule has 1 saturated carbocycles. The van der Waals surface area contributed by atoms with Gasteiger partial charge in [-0.15, -0.1) is 0 Å². The molecule has 9 heteroatoms. The highest BCUT2D eigenvalue weighted by Crippen LogP contribution is 2.28. The zero-order chi connectivity index (χ0) is 23.9. The van der Waals surface area contributed by atoms with Crippen LogP contribution in [0.4, 0.5) is 4.79 Å². The summed E-state index contributed by atoms with van der Waals surface area (Å²) in [5, 5.41) is 2.80. The second-order valence-electron chi connectivity index (χ2n) is 9.03. The van der Waals surface area contributed by atoms with Gasteiger partial charge in [0.05, 0.1) is 19.3 Å². The maximum absolute atomic E-state index is 13.3. The molecule has 1 N–H and O–H groups in total. The van der Waals surface area contributed by atoms with Crippen LogP contribution in [0, 0.1) is 5.92 Å². The lowest BCUT2D eigenvalue weighted by Gasteiger charge is -2.30. The Balaban J connectivity index is 1.45. The van der Waals surface area contributed by atoms with E-state index in [1.165, 1.54) is 6.42 Å². The van der Waals surface area contributed by atoms with E-state index in [0.29, 0.717) is 56.2 Å². The number of morpholine rings is 1. The molecular weight excluding hydrogens is 438 g/mol. The minimum Gasteiger partial charge on any atom is -0.436 e. The number of amides is 2. The van der Waals surface area contributed by atoms with Crippen molar-refractivity contribution in [2.75, 3.05) is 26.3 Å². The number of ketones is 1. The maximum Gasteiger partial charge on any atom is 0.410 e. The first kappa shape index (κ1) is 24.2. The molecule has 34 heavy (non-hydrogen) atoms. The third-order valence-electron chi connectivity index (χ3n) is 6.62. The first-order chi connectivity index (χ1) is 16.5. The summed E-state index contributed by atoms with van der Waals surface area (Å²) in [5.41, 5.74) is 1.10. The van der Waals surface area contributed by atoms with Crippen molar-refractivity contribution in [3.05, 3.63) is 30.2 Å². The van der Waals surface area contributed by atoms with Crippen molar-refractivity contribution in [2.24, 2.45) is 5.92 Å². The number of benzene rings is 1. The number of hydrogen-bond acceptors (Lipinski definition) is 7. The predicted octanol–water partition coefficient (Wildman–Crippen LogP) is 3.71. The number of hydrogen-bond donors (Lipinski definition) is 1. The molecule has 2 fully saturated rings. The van der Waals surface area contributed by atoms with Crippen LogP contribution < -0.4 is 5.32 Å². The molecule has 2 amide bonds. The number of Topliss-reactive ketones (excluding diaryl/α,β-unsaturated/α-hetero) is 1. The Morgan fingerprint density at radius 2 is 1.88 bits per heavy atom. The number of rotatable bonds is 8. The first-order valence-electron chi connectivity index (χ1n) is 12.3. The zero-order valence-electron chi connectivity index (χ0n) is 19.7. The number of para-hydroxylation sites is 2. The highest BCUT2D eigenvalue weighted by Gasteiger charge is 2.33. The highest BCUT2D eigenvalue weighted by molar-refractivity contribution is 6.00. The quantitative estimate of drug-likeness (QED) is 0.584. The molecule has 1 aromatic carbocycles. The van der Waals surface area contributed by atoms with Crippen molar-refractivity contribution in [1.29, 1.82) is 0 Å². The maximum atomic E-state index is 13.3. The molecule has 1 aliphatic carbocycles. The molecule has 0 radical (unpaired) electrons. The molecule has 2 heterocycles. The van der Waals surface area contributed by atoms with Crippen LogP contribution in [0.5, 0.6) is 0 Å². The molecule has 2 aromatic rings. The summed E-state index contributed by atoms with van der Waals surface area (Å²) in [7, 11) is 0. The number of fused-ring (bicyclic) bond motifs is 1. The molecule has 0 spiro atoms. The van der Waals surface area contributed by atoms with Gasteiger partial charge in [0, 0.05) is 13.1 Å². The summed E-state index contributed by atoms with van der Waals surface area (Å²) in [4.78, 5) is 44.9. The Morgan fingerprint density at radius 1 is 1.15 bits per heavy atom. The van der Waals surface area contributed by atoms with Gasteiger partial charge in [-0.2, -0.15) is 0 Å². The summed E-state index contributed by atoms with van der Waals surface area (Å²) in [6.07, 6.45) is 4.79. The number of aromatic nitrogens is 1. The normalized spacial score (nSPS) is 18.9. The fraction of sp³-hybridized carbons (Fsp3) is 0.600. The van der Waals surface area contributed by atoms with Crippen LogP contribution in [0.1, 0.15) is 62.6 Å². The Hall–Kier alpha value is -2.94. The van der Waals surface area contributed by atoms with Crippen molar-refractivity contribution in [3.8, 4) is 0 Å². The van der Waals surface area contributed by atoms with Crippen LogP contribution in [-0.4, -0.2) is 66.1 Å². The standard InChI is InChI=1S/C25H33N3O6/c1-2-18(22(29)24-27-19-10-6-7-11-20(19)33-24)26-23(30)21(16-17-8-4-3-5-9-17)34-25(31)28-12-14-32-15-13-28/h6-7,10-11,17-18,21H,2-5,8-9,12-16H2,1H3,(H,26,30)/t18-,21-/m0/s1. The summed E-state index contributed by atoms with van der Waals surface area (Å²) in [6.45, 7) is 3.58. The lowest BCUT2D eigenvalue weighted by molar-refractivity contribution is -0.132. The summed E-state index contributed by atoms with van der Waals surface area (Å²) < 4.78 is 16.6. The predicted molar refractivity (Wildman–Crippen MR) is 124 cm³/mol. The van der Waals surface area contributed by atoms with Gasteiger partial charge in [0.15, 0.2) is 11.7 Å². The molecule has 9 nitrogen and oxygen atoms in total. The molecule has 0 unspecified atom stereocenters. The molecule has 1 aliphatic heterocycles. The van der Waals surface area contributed by atoms with Gasteiger partial charge in [-0.05, 0) is 30.9 Å². The van der Waals surface area contributed by atoms with Gasteiger partial charge >= 0.3 is 6.09 Å². The fourth-order valence-corrected chi connectivity index (χ4v) is 4.62. The Kier molecular flexibility index (Phi) is 8.16. The van der Waals surface area contributed by atoms with Crippen LogP contribution in [0.15, 0.2) is 28.7 Å². The SMILES string of the molecule is CC[C@H](NC(=O)[C@H](CC1CCCCC1)OC(=O)N1CCOCC1)C(=O)c1nc2ccccc2o1. The third-order valence-corrected chi connectivity index (χ3v) is 6.62. The fourth-order valence-electron chi connectivity index (χ4n) is 4.62. The van der Waals surface area contributed by atoms with Gasteiger partial charge < -0.3 is 24.1 Å². The molecule has 2 aliphatic rings. The number of carbonyl (C=O) groups excluding carboxylic acids is 3. The van der Waals surface area contributed by atoms with E-state index >= 15 is 0 Å². The van der Waals surface area contributed by atoms with Gasteiger partial charge in [-0.3, -0.25) is 9.59 Å². The summed E-state index contributed by atoms with van der Waals surface area (Å²) in [6, 6.07) is 6.30. The van der Waals surface area contributed by atoms with Crippen molar-refractivity contribution in [2.45, 2.75) is 64.0 Å². The Bertz CT molecular complexity index is 960. The Labute approximate surface area is 199 Å². The monoisotopic (exact) mass is 471 g/mol. The average molecular weight is 472 g/mol. The molecule has 184 valence electrons. The number of ether oxygens (including phenoxy) is 2. The first-order valence-corrected chi connectivity index (χ1v) is 12.3. The van der Waals surface area contributed by atoms with Crippen LogP contribution in [-0.2, 0) is 14.3 Å². The number of oxazole rings is 1. The number of carbonyl (C=O) groups is 3. The van der Waals surface area contributed by atoms with Crippen LogP contribution in [0.3, 0.4) is 0 Å². The van der Waals surface area contributed by atoms with Crippen molar-refractivity contribution in [1.82, 2.24) is 15.2 Å². The lowest BCUT2D eigenvalue weighted by Crippen LogP contribution is -2.49. The van der Waals surface area contributed by atoms with E-state index in [-0.39, 0.29) is 5.89 Å². The summed E-state index contributed by atoms with van der Waals surface area (Å²) >= 11 is 0. The minimum atomic E-state index is -0.955. The third kappa shape index (κ3) is 5.94. The largest absolute Gasteiger partial charge is 0.436 e. The van der Waals surface area contributed by atoms with Crippen LogP contribution >= 0.6 is 0 Å². The average Bonchev–Trinajstić information content (AvgIpc) is 3.32. The van der Waals surface area contributed by atoms with E-state index in [4.69, 9.17) is 13.9 Å². The van der Waals surface area contributed by atoms with Gasteiger partial charge in [-0.25, -0.2) is 9.78 Å². The van der Waals surface area contributed by atoms with Gasteiger partial charge in [0.2, 0.25) is 5.78 Å². The zero-order valence-corrected chi connectivity index (χ0v) is 19.7. The van der Waals surface area contributed by atoms with Gasteiger partial charge in [-0.1, -0.05) is 51.2 Å². The van der Waals surface area contributed by atoms with E-state index in [1.54, 1.807) is 30.0 Å². The number of nitrogens with one attached hydrogen (secondary N) is 1. The van der Waals surface area contributed by atoms with E-state index in [0.717, 1.165) is 25.7 Å². The molecular formula is C25H33N3O6. The van der Waals surface area contributed by atoms with Crippen molar-refractivity contribution < 1.29 is 28.3 Å². The smallest absolute Gasteiger partial charge is 0.410 e. The molecule has 4 rings (SSSR count). The molecule has 1 aromatic heterocycles. The van der Waals surface area contributed by atoms with Crippen molar-refractivity contribution in [3.63, 3.8) is 0 Å². The van der Waals surface area contributed by atoms with E-state index in [9.17, 15) is 14.4 Å². The van der Waals surface area contributed by atoms with E-state index < -0.39 is 29.9 Å². The molecule has 2 atom stereocenters. The molecule has 1 saturated heterocycles. The van der Waals surface area contributed by atoms with Gasteiger partial charge in [0.25, 0.3) is 11.8 Å². The van der Waals surface area contributed by atoms with Crippen LogP contribution in [0.25, 0.3) is 11.1 Å². The van der Waals surface area contributed by atoms with Gasteiger partial charge in [0.1, 0.15) is 5.52 Å². The highest BCUT2D eigenvalue weighted by atomic mass is 16.6. The van der Waals surface area contributed by atoms with E-state index in [1.807, 2.05) is 6.07 Å². The Morgan fingerprint density at radius 3 is 2.59 bits per heavy atom. The second kappa shape index (κ2) is 11.5. The number of nitrogens with zero attached hydrogens (tertiary/aromatic N) is 2. The second-order valence-corrected chi connectivity index (χ2v) is 9.03. The minimum absolute atomic E-state index is 0.0394. The van der Waals surface area contributed by atoms with Crippen LogP contribution in [0.2, 0.25) is 0 Å². The topological polar surface area (TPSA) is 111 Å². The van der Waals surface area contributed by atoms with E-state index in [2.05, 4.69) is 10.3 Å².